The minimum atomic E-state index is -0.316. The number of aromatic nitrogens is 8. The van der Waals surface area contributed by atoms with E-state index in [1.165, 1.54) is 4.57 Å². The van der Waals surface area contributed by atoms with Crippen LogP contribution in [0.5, 0.6) is 0 Å². The van der Waals surface area contributed by atoms with Gasteiger partial charge in [0.2, 0.25) is 5.82 Å². The minimum Gasteiger partial charge on any atom is -0.318 e. The molecule has 6 aromatic rings. The topological polar surface area (TPSA) is 116 Å². The first kappa shape index (κ1) is 27.1. The molecule has 0 saturated heterocycles. The van der Waals surface area contributed by atoms with Crippen LogP contribution in [0.1, 0.15) is 37.2 Å². The van der Waals surface area contributed by atoms with Crippen molar-refractivity contribution in [3.05, 3.63) is 117 Å². The zero-order valence-corrected chi connectivity index (χ0v) is 23.7. The first-order valence-electron chi connectivity index (χ1n) is 14.3. The number of imidazole rings is 1. The third-order valence-electron chi connectivity index (χ3n) is 7.57. The molecule has 0 unspecified atom stereocenters. The average molecular weight is 561 g/mol. The molecule has 6 rings (SSSR count). The van der Waals surface area contributed by atoms with Crippen LogP contribution in [-0.2, 0) is 32.5 Å². The van der Waals surface area contributed by atoms with Crippen molar-refractivity contribution in [2.75, 3.05) is 0 Å². The number of nitrogens with one attached hydrogen (secondary N) is 1. The molecule has 0 bridgehead atoms. The Balaban J connectivity index is 1.39. The molecule has 3 aromatic carbocycles. The van der Waals surface area contributed by atoms with Gasteiger partial charge in [-0.1, -0.05) is 85.8 Å². The fourth-order valence-electron chi connectivity index (χ4n) is 5.47. The molecule has 3 aromatic heterocycles. The van der Waals surface area contributed by atoms with Crippen molar-refractivity contribution in [2.45, 2.75) is 52.7 Å². The molecule has 0 fully saturated rings. The molecule has 1 N–H and O–H groups in total. The van der Waals surface area contributed by atoms with E-state index in [0.717, 1.165) is 40.1 Å². The van der Waals surface area contributed by atoms with Crippen LogP contribution >= 0.6 is 0 Å². The Morgan fingerprint density at radius 2 is 1.50 bits per heavy atom. The summed E-state index contributed by atoms with van der Waals surface area (Å²) in [5.74, 6) is 1.34. The lowest BCUT2D eigenvalue weighted by Gasteiger charge is -2.13. The molecule has 0 spiro atoms. The minimum absolute atomic E-state index is 0.295. The highest BCUT2D eigenvalue weighted by Gasteiger charge is 2.21. The second kappa shape index (κ2) is 11.8. The zero-order valence-electron chi connectivity index (χ0n) is 23.7. The van der Waals surface area contributed by atoms with Crippen molar-refractivity contribution in [2.24, 2.45) is 0 Å². The summed E-state index contributed by atoms with van der Waals surface area (Å²) in [4.78, 5) is 32.2. The Labute approximate surface area is 242 Å². The highest BCUT2D eigenvalue weighted by Crippen LogP contribution is 2.30. The highest BCUT2D eigenvalue weighted by atomic mass is 16.2. The molecule has 3 heterocycles. The van der Waals surface area contributed by atoms with Crippen LogP contribution in [-0.4, -0.2) is 39.3 Å². The van der Waals surface area contributed by atoms with Gasteiger partial charge in [-0.25, -0.2) is 9.78 Å². The number of tetrazole rings is 1. The number of hydrogen-bond donors (Lipinski definition) is 1. The highest BCUT2D eigenvalue weighted by molar-refractivity contribution is 5.80. The summed E-state index contributed by atoms with van der Waals surface area (Å²) in [7, 11) is 0. The summed E-state index contributed by atoms with van der Waals surface area (Å²) in [6.07, 6.45) is 2.16. The van der Waals surface area contributed by atoms with Crippen molar-refractivity contribution in [1.29, 1.82) is 0 Å². The lowest BCUT2D eigenvalue weighted by atomic mass is 9.98. The summed E-state index contributed by atoms with van der Waals surface area (Å²) in [5, 5.41) is 14.5. The van der Waals surface area contributed by atoms with Crippen LogP contribution < -0.4 is 11.2 Å². The molecule has 10 heteroatoms. The molecule has 0 aliphatic carbocycles. The van der Waals surface area contributed by atoms with Gasteiger partial charge in [0.1, 0.15) is 5.82 Å². The van der Waals surface area contributed by atoms with E-state index in [4.69, 9.17) is 4.98 Å². The van der Waals surface area contributed by atoms with E-state index in [1.54, 1.807) is 4.57 Å². The summed E-state index contributed by atoms with van der Waals surface area (Å²) in [6.45, 7) is 5.20. The summed E-state index contributed by atoms with van der Waals surface area (Å²) < 4.78 is 4.98. The summed E-state index contributed by atoms with van der Waals surface area (Å²) >= 11 is 0. The normalized spacial score (nSPS) is 11.4. The molecule has 0 amide bonds. The average Bonchev–Trinajstić information content (AvgIpc) is 3.68. The number of aryl methyl sites for hydroxylation is 3. The molecule has 0 aliphatic rings. The van der Waals surface area contributed by atoms with E-state index in [2.05, 4.69) is 51.8 Å². The Kier molecular flexibility index (Phi) is 7.59. The van der Waals surface area contributed by atoms with Gasteiger partial charge in [0.25, 0.3) is 5.56 Å². The second-order valence-electron chi connectivity index (χ2n) is 10.2. The van der Waals surface area contributed by atoms with Gasteiger partial charge in [0, 0.05) is 31.6 Å². The van der Waals surface area contributed by atoms with E-state index in [0.29, 0.717) is 49.5 Å². The quantitative estimate of drug-likeness (QED) is 0.264. The van der Waals surface area contributed by atoms with Gasteiger partial charge >= 0.3 is 5.69 Å². The number of hydrogen-bond acceptors (Lipinski definition) is 6. The third-order valence-corrected chi connectivity index (χ3v) is 7.57. The van der Waals surface area contributed by atoms with Crippen molar-refractivity contribution in [3.8, 4) is 22.5 Å². The first-order valence-corrected chi connectivity index (χ1v) is 14.3. The fraction of sp³-hybridized carbons (Fsp3) is 0.250. The van der Waals surface area contributed by atoms with Crippen molar-refractivity contribution in [1.82, 2.24) is 39.3 Å². The van der Waals surface area contributed by atoms with Gasteiger partial charge in [-0.05, 0) is 47.2 Å². The van der Waals surface area contributed by atoms with E-state index < -0.39 is 0 Å². The van der Waals surface area contributed by atoms with E-state index in [9.17, 15) is 9.59 Å². The molecule has 10 nitrogen and oxygen atoms in total. The maximum Gasteiger partial charge on any atom is 0.332 e. The summed E-state index contributed by atoms with van der Waals surface area (Å²) in [6, 6.07) is 26.1. The Hall–Kier alpha value is -5.12. The van der Waals surface area contributed by atoms with Crippen LogP contribution in [0.4, 0.5) is 0 Å². The Bertz CT molecular complexity index is 1940. The Morgan fingerprint density at radius 1 is 0.762 bits per heavy atom. The molecular formula is C32H32N8O2. The largest absolute Gasteiger partial charge is 0.332 e. The van der Waals surface area contributed by atoms with E-state index in [-0.39, 0.29) is 11.2 Å². The van der Waals surface area contributed by atoms with Gasteiger partial charge in [-0.2, -0.15) is 5.21 Å². The van der Waals surface area contributed by atoms with Gasteiger partial charge in [-0.15, -0.1) is 10.2 Å². The van der Waals surface area contributed by atoms with Crippen LogP contribution in [0.2, 0.25) is 0 Å². The molecule has 212 valence electrons. The molecule has 0 saturated carbocycles. The van der Waals surface area contributed by atoms with Crippen LogP contribution in [0.15, 0.2) is 88.5 Å². The number of fused-ring (bicyclic) bond motifs is 1. The number of rotatable bonds is 10. The predicted octanol–water partition coefficient (Wildman–Crippen LogP) is 4.47. The lowest BCUT2D eigenvalue weighted by Crippen LogP contribution is -2.41. The fourth-order valence-corrected chi connectivity index (χ4v) is 5.47. The van der Waals surface area contributed by atoms with Gasteiger partial charge in [0.05, 0.1) is 0 Å². The van der Waals surface area contributed by atoms with E-state index in [1.807, 2.05) is 66.1 Å². The predicted molar refractivity (Wildman–Crippen MR) is 162 cm³/mol. The standard InChI is InChI=1S/C32H32N8O2/c1-3-10-27-33-30-28(31(41)39(32(42)38(30)4-2)20-19-22-11-6-5-7-12-22)40(27)21-23-15-17-24(18-16-23)25-13-8-9-14-26(25)29-34-36-37-35-29/h5-9,11-18H,3-4,10,19-21H2,1-2H3,(H,34,35,36,37). The number of H-pyrrole nitrogens is 1. The van der Waals surface area contributed by atoms with Gasteiger partial charge in [-0.3, -0.25) is 13.9 Å². The van der Waals surface area contributed by atoms with Crippen molar-refractivity contribution in [3.63, 3.8) is 0 Å². The van der Waals surface area contributed by atoms with E-state index >= 15 is 0 Å². The third kappa shape index (κ3) is 5.07. The molecule has 0 radical (unpaired) electrons. The summed E-state index contributed by atoms with van der Waals surface area (Å²) in [5.41, 5.74) is 5.32. The maximum absolute atomic E-state index is 13.9. The maximum atomic E-state index is 13.9. The molecular weight excluding hydrogens is 528 g/mol. The van der Waals surface area contributed by atoms with Crippen molar-refractivity contribution >= 4 is 11.2 Å². The molecule has 0 atom stereocenters. The van der Waals surface area contributed by atoms with Crippen molar-refractivity contribution < 1.29 is 0 Å². The SMILES string of the molecule is CCCc1nc2c(c(=O)n(CCc3ccccc3)c(=O)n2CC)n1Cc1ccc(-c2ccccc2-c2nn[nH]n2)cc1. The lowest BCUT2D eigenvalue weighted by molar-refractivity contribution is 0.578. The van der Waals surface area contributed by atoms with Gasteiger partial charge in [0.15, 0.2) is 11.2 Å². The second-order valence-corrected chi connectivity index (χ2v) is 10.2. The van der Waals surface area contributed by atoms with Crippen LogP contribution in [0.3, 0.4) is 0 Å². The number of aromatic amines is 1. The monoisotopic (exact) mass is 560 g/mol. The first-order chi connectivity index (χ1) is 20.6. The molecule has 0 aliphatic heterocycles. The number of nitrogens with zero attached hydrogens (tertiary/aromatic N) is 7. The Morgan fingerprint density at radius 3 is 2.19 bits per heavy atom. The smallest absolute Gasteiger partial charge is 0.318 e. The van der Waals surface area contributed by atoms with Crippen LogP contribution in [0.25, 0.3) is 33.7 Å². The van der Waals surface area contributed by atoms with Gasteiger partial charge < -0.3 is 4.57 Å². The number of benzene rings is 3. The molecule has 42 heavy (non-hydrogen) atoms. The zero-order chi connectivity index (χ0) is 29.1. The van der Waals surface area contributed by atoms with Crippen LogP contribution in [0, 0.1) is 0 Å².